The van der Waals surface area contributed by atoms with Crippen molar-refractivity contribution in [3.05, 3.63) is 71.4 Å². The standard InChI is InChI=1S/C22H20N2/c1-15-5-9-17(10-6-15)19-14-21-20(4-3-13-23-21)24-22(19)18-11-7-16(2)8-12-18/h5-14H,3-4H2,1-2H3. The zero-order valence-corrected chi connectivity index (χ0v) is 14.1. The molecule has 0 N–H and O–H groups in total. The summed E-state index contributed by atoms with van der Waals surface area (Å²) in [5.74, 6) is 0. The lowest BCUT2D eigenvalue weighted by atomic mass is 9.96. The lowest BCUT2D eigenvalue weighted by Gasteiger charge is -2.16. The van der Waals surface area contributed by atoms with Crippen LogP contribution in [0.15, 0.2) is 59.6 Å². The minimum absolute atomic E-state index is 0.964. The van der Waals surface area contributed by atoms with Crippen molar-refractivity contribution in [2.75, 3.05) is 0 Å². The van der Waals surface area contributed by atoms with Crippen LogP contribution in [0.2, 0.25) is 0 Å². The predicted molar refractivity (Wildman–Crippen MR) is 101 cm³/mol. The molecule has 1 aromatic heterocycles. The Labute approximate surface area is 142 Å². The molecule has 1 aliphatic rings. The zero-order valence-electron chi connectivity index (χ0n) is 14.1. The molecule has 0 saturated carbocycles. The molecule has 0 spiro atoms. The number of hydrogen-bond donors (Lipinski definition) is 0. The molecule has 3 aromatic rings. The van der Waals surface area contributed by atoms with Crippen molar-refractivity contribution in [1.29, 1.82) is 0 Å². The van der Waals surface area contributed by atoms with Crippen LogP contribution in [0.4, 0.5) is 5.69 Å². The summed E-state index contributed by atoms with van der Waals surface area (Å²) in [6.45, 7) is 4.22. The van der Waals surface area contributed by atoms with E-state index in [4.69, 9.17) is 4.98 Å². The number of rotatable bonds is 2. The first-order valence-corrected chi connectivity index (χ1v) is 8.41. The quantitative estimate of drug-likeness (QED) is 0.597. The minimum atomic E-state index is 0.964. The van der Waals surface area contributed by atoms with E-state index in [2.05, 4.69) is 73.4 Å². The third-order valence-corrected chi connectivity index (χ3v) is 4.51. The fourth-order valence-corrected chi connectivity index (χ4v) is 3.09. The lowest BCUT2D eigenvalue weighted by Crippen LogP contribution is -2.01. The van der Waals surface area contributed by atoms with E-state index in [1.807, 2.05) is 6.21 Å². The first-order chi connectivity index (χ1) is 11.7. The maximum absolute atomic E-state index is 5.00. The van der Waals surface area contributed by atoms with Crippen LogP contribution in [0, 0.1) is 13.8 Å². The van der Waals surface area contributed by atoms with Crippen LogP contribution < -0.4 is 0 Å². The van der Waals surface area contributed by atoms with E-state index >= 15 is 0 Å². The Morgan fingerprint density at radius 1 is 0.792 bits per heavy atom. The van der Waals surface area contributed by atoms with Gasteiger partial charge in [-0.1, -0.05) is 59.7 Å². The van der Waals surface area contributed by atoms with E-state index in [0.29, 0.717) is 0 Å². The molecule has 0 amide bonds. The van der Waals surface area contributed by atoms with Gasteiger partial charge < -0.3 is 0 Å². The van der Waals surface area contributed by atoms with Crippen LogP contribution in [-0.4, -0.2) is 11.2 Å². The Balaban J connectivity index is 1.94. The molecule has 24 heavy (non-hydrogen) atoms. The SMILES string of the molecule is Cc1ccc(-c2cc3c(nc2-c2ccc(C)cc2)CCC=N3)cc1. The number of aromatic nitrogens is 1. The van der Waals surface area contributed by atoms with Crippen LogP contribution >= 0.6 is 0 Å². The fourth-order valence-electron chi connectivity index (χ4n) is 3.09. The third kappa shape index (κ3) is 2.76. The summed E-state index contributed by atoms with van der Waals surface area (Å²) in [6.07, 6.45) is 3.93. The van der Waals surface area contributed by atoms with Crippen molar-refractivity contribution >= 4 is 11.9 Å². The summed E-state index contributed by atoms with van der Waals surface area (Å²) >= 11 is 0. The van der Waals surface area contributed by atoms with Crippen LogP contribution in [0.1, 0.15) is 23.2 Å². The smallest absolute Gasteiger partial charge is 0.0847 e. The van der Waals surface area contributed by atoms with Crippen molar-refractivity contribution in [2.24, 2.45) is 4.99 Å². The van der Waals surface area contributed by atoms with Gasteiger partial charge in [0.05, 0.1) is 17.1 Å². The summed E-state index contributed by atoms with van der Waals surface area (Å²) in [6, 6.07) is 19.4. The second kappa shape index (κ2) is 6.04. The van der Waals surface area contributed by atoms with Crippen molar-refractivity contribution < 1.29 is 0 Å². The molecule has 2 nitrogen and oxygen atoms in total. The maximum atomic E-state index is 5.00. The van der Waals surface area contributed by atoms with Gasteiger partial charge in [-0.15, -0.1) is 0 Å². The Hall–Kier alpha value is -2.74. The van der Waals surface area contributed by atoms with E-state index in [9.17, 15) is 0 Å². The van der Waals surface area contributed by atoms with Crippen molar-refractivity contribution in [3.63, 3.8) is 0 Å². The highest BCUT2D eigenvalue weighted by molar-refractivity contribution is 5.84. The fraction of sp³-hybridized carbons (Fsp3) is 0.182. The van der Waals surface area contributed by atoms with Gasteiger partial charge >= 0.3 is 0 Å². The van der Waals surface area contributed by atoms with E-state index in [1.54, 1.807) is 0 Å². The Kier molecular flexibility index (Phi) is 3.73. The third-order valence-electron chi connectivity index (χ3n) is 4.51. The largest absolute Gasteiger partial charge is 0.259 e. The predicted octanol–water partition coefficient (Wildman–Crippen LogP) is 5.68. The number of pyridine rings is 1. The van der Waals surface area contributed by atoms with Gasteiger partial charge in [0, 0.05) is 17.3 Å². The molecule has 4 rings (SSSR count). The van der Waals surface area contributed by atoms with Crippen molar-refractivity contribution in [1.82, 2.24) is 4.98 Å². The van der Waals surface area contributed by atoms with Gasteiger partial charge in [-0.3, -0.25) is 4.99 Å². The number of aryl methyl sites for hydroxylation is 3. The lowest BCUT2D eigenvalue weighted by molar-refractivity contribution is 0.963. The second-order valence-electron chi connectivity index (χ2n) is 6.43. The average Bonchev–Trinajstić information content (AvgIpc) is 2.62. The van der Waals surface area contributed by atoms with Gasteiger partial charge in [0.15, 0.2) is 0 Å². The Morgan fingerprint density at radius 3 is 2.08 bits per heavy atom. The summed E-state index contributed by atoms with van der Waals surface area (Å²) in [4.78, 5) is 9.56. The van der Waals surface area contributed by atoms with Crippen molar-refractivity contribution in [2.45, 2.75) is 26.7 Å². The molecule has 0 fully saturated rings. The molecular weight excluding hydrogens is 292 g/mol. The molecule has 0 aliphatic carbocycles. The monoisotopic (exact) mass is 312 g/mol. The van der Waals surface area contributed by atoms with Gasteiger partial charge in [0.1, 0.15) is 0 Å². The molecular formula is C22H20N2. The number of fused-ring (bicyclic) bond motifs is 1. The van der Waals surface area contributed by atoms with E-state index in [0.717, 1.165) is 41.0 Å². The van der Waals surface area contributed by atoms with E-state index in [1.165, 1.54) is 16.7 Å². The van der Waals surface area contributed by atoms with E-state index in [-0.39, 0.29) is 0 Å². The van der Waals surface area contributed by atoms with Gasteiger partial charge in [0.25, 0.3) is 0 Å². The molecule has 1 aliphatic heterocycles. The first kappa shape index (κ1) is 14.8. The molecule has 2 heteroatoms. The van der Waals surface area contributed by atoms with Gasteiger partial charge in [-0.25, -0.2) is 4.98 Å². The summed E-state index contributed by atoms with van der Waals surface area (Å²) in [5, 5.41) is 0. The molecule has 2 aromatic carbocycles. The highest BCUT2D eigenvalue weighted by Gasteiger charge is 2.16. The van der Waals surface area contributed by atoms with Crippen molar-refractivity contribution in [3.8, 4) is 22.4 Å². The highest BCUT2D eigenvalue weighted by Crippen LogP contribution is 2.36. The summed E-state index contributed by atoms with van der Waals surface area (Å²) < 4.78 is 0. The number of nitrogens with zero attached hydrogens (tertiary/aromatic N) is 2. The summed E-state index contributed by atoms with van der Waals surface area (Å²) in [5.41, 5.74) is 9.18. The topological polar surface area (TPSA) is 25.2 Å². The molecule has 0 atom stereocenters. The summed E-state index contributed by atoms with van der Waals surface area (Å²) in [7, 11) is 0. The molecule has 0 unspecified atom stereocenters. The van der Waals surface area contributed by atoms with Gasteiger partial charge in [-0.05, 0) is 38.3 Å². The van der Waals surface area contributed by atoms with Crippen LogP contribution in [0.3, 0.4) is 0 Å². The van der Waals surface area contributed by atoms with Crippen LogP contribution in [0.25, 0.3) is 22.4 Å². The number of aliphatic imine (C=N–C) groups is 1. The van der Waals surface area contributed by atoms with Crippen LogP contribution in [0.5, 0.6) is 0 Å². The average molecular weight is 312 g/mol. The van der Waals surface area contributed by atoms with Gasteiger partial charge in [0.2, 0.25) is 0 Å². The van der Waals surface area contributed by atoms with E-state index < -0.39 is 0 Å². The highest BCUT2D eigenvalue weighted by atomic mass is 14.8. The normalized spacial score (nSPS) is 12.9. The molecule has 0 saturated heterocycles. The van der Waals surface area contributed by atoms with Gasteiger partial charge in [-0.2, -0.15) is 0 Å². The minimum Gasteiger partial charge on any atom is -0.259 e. The molecule has 0 bridgehead atoms. The Bertz CT molecular complexity index is 904. The maximum Gasteiger partial charge on any atom is 0.0847 e. The Morgan fingerprint density at radius 2 is 1.42 bits per heavy atom. The van der Waals surface area contributed by atoms with Crippen LogP contribution in [-0.2, 0) is 6.42 Å². The molecule has 2 heterocycles. The first-order valence-electron chi connectivity index (χ1n) is 8.41. The number of benzene rings is 2. The second-order valence-corrected chi connectivity index (χ2v) is 6.43. The number of hydrogen-bond acceptors (Lipinski definition) is 2. The molecule has 0 radical (unpaired) electrons. The zero-order chi connectivity index (χ0) is 16.5. The molecule has 118 valence electrons.